The molecule has 1 saturated heterocycles. The van der Waals surface area contributed by atoms with Gasteiger partial charge in [-0.05, 0) is 18.6 Å². The van der Waals surface area contributed by atoms with Crippen molar-refractivity contribution in [3.05, 3.63) is 24.3 Å². The van der Waals surface area contributed by atoms with Gasteiger partial charge in [-0.2, -0.15) is 0 Å². The largest absolute Gasteiger partial charge is 0.324 e. The molecule has 0 aliphatic carbocycles. The van der Waals surface area contributed by atoms with Crippen molar-refractivity contribution in [2.24, 2.45) is 0 Å². The number of carbonyl (C=O) groups is 2. The molecule has 1 unspecified atom stereocenters. The lowest BCUT2D eigenvalue weighted by Gasteiger charge is -2.30. The highest BCUT2D eigenvalue weighted by molar-refractivity contribution is 7.91. The molecule has 0 spiro atoms. The molecule has 1 aromatic rings. The predicted molar refractivity (Wildman–Crippen MR) is 90.2 cm³/mol. The normalized spacial score (nSPS) is 19.3. The van der Waals surface area contributed by atoms with Crippen molar-refractivity contribution in [1.82, 2.24) is 0 Å². The Hall–Kier alpha value is -1.89. The van der Waals surface area contributed by atoms with Crippen molar-refractivity contribution >= 4 is 33.0 Å². The van der Waals surface area contributed by atoms with E-state index in [0.717, 1.165) is 0 Å². The third kappa shape index (κ3) is 4.10. The molecule has 2 rings (SSSR count). The van der Waals surface area contributed by atoms with Crippen molar-refractivity contribution in [1.29, 1.82) is 0 Å². The van der Waals surface area contributed by atoms with Crippen LogP contribution < -0.4 is 10.2 Å². The van der Waals surface area contributed by atoms with E-state index in [1.165, 1.54) is 4.90 Å². The topological polar surface area (TPSA) is 83.6 Å². The van der Waals surface area contributed by atoms with Gasteiger partial charge in [-0.15, -0.1) is 0 Å². The van der Waals surface area contributed by atoms with Crippen LogP contribution in [0.1, 0.15) is 33.1 Å². The van der Waals surface area contributed by atoms with Crippen LogP contribution >= 0.6 is 0 Å². The molecule has 1 heterocycles. The summed E-state index contributed by atoms with van der Waals surface area (Å²) in [4.78, 5) is 25.7. The molecule has 1 fully saturated rings. The summed E-state index contributed by atoms with van der Waals surface area (Å²) < 4.78 is 23.6. The first kappa shape index (κ1) is 17.5. The summed E-state index contributed by atoms with van der Waals surface area (Å²) in [6.45, 7) is 3.49. The molecule has 0 saturated carbocycles. The van der Waals surface area contributed by atoms with Crippen LogP contribution in [0.2, 0.25) is 0 Å². The molecule has 0 bridgehead atoms. The van der Waals surface area contributed by atoms with E-state index < -0.39 is 9.84 Å². The molecule has 1 atom stereocenters. The number of anilines is 2. The fourth-order valence-corrected chi connectivity index (χ4v) is 4.41. The number of amides is 2. The van der Waals surface area contributed by atoms with Crippen LogP contribution in [0.5, 0.6) is 0 Å². The number of sulfone groups is 1. The Morgan fingerprint density at radius 2 is 1.91 bits per heavy atom. The van der Waals surface area contributed by atoms with Gasteiger partial charge in [-0.25, -0.2) is 8.42 Å². The van der Waals surface area contributed by atoms with Crippen LogP contribution in [0.3, 0.4) is 0 Å². The van der Waals surface area contributed by atoms with Crippen LogP contribution in [0.4, 0.5) is 11.4 Å². The summed E-state index contributed by atoms with van der Waals surface area (Å²) in [7, 11) is -3.11. The first-order chi connectivity index (χ1) is 10.9. The molecule has 126 valence electrons. The number of nitrogens with one attached hydrogen (secondary N) is 1. The van der Waals surface area contributed by atoms with Crippen molar-refractivity contribution in [2.45, 2.75) is 39.2 Å². The minimum absolute atomic E-state index is 0.0329. The summed E-state index contributed by atoms with van der Waals surface area (Å²) >= 11 is 0. The maximum absolute atomic E-state index is 12.4. The first-order valence-electron chi connectivity index (χ1n) is 7.79. The molecule has 0 radical (unpaired) electrons. The molecule has 1 N–H and O–H groups in total. The first-order valence-corrected chi connectivity index (χ1v) is 9.61. The third-order valence-electron chi connectivity index (χ3n) is 3.90. The van der Waals surface area contributed by atoms with Gasteiger partial charge in [-0.1, -0.05) is 26.0 Å². The Morgan fingerprint density at radius 1 is 1.22 bits per heavy atom. The van der Waals surface area contributed by atoms with E-state index in [1.54, 1.807) is 38.1 Å². The molecule has 2 amide bonds. The molecule has 0 aromatic heterocycles. The number of hydrogen-bond acceptors (Lipinski definition) is 4. The van der Waals surface area contributed by atoms with Crippen molar-refractivity contribution in [2.75, 3.05) is 21.7 Å². The number of rotatable bonds is 5. The summed E-state index contributed by atoms with van der Waals surface area (Å²) in [5.74, 6) is -0.241. The minimum Gasteiger partial charge on any atom is -0.324 e. The Bertz CT molecular complexity index is 700. The van der Waals surface area contributed by atoms with Gasteiger partial charge in [0.05, 0.1) is 28.9 Å². The molecular formula is C16H22N2O4S. The van der Waals surface area contributed by atoms with E-state index in [4.69, 9.17) is 0 Å². The number of benzene rings is 1. The van der Waals surface area contributed by atoms with Crippen LogP contribution in [-0.2, 0) is 19.4 Å². The van der Waals surface area contributed by atoms with E-state index >= 15 is 0 Å². The van der Waals surface area contributed by atoms with Crippen molar-refractivity contribution < 1.29 is 18.0 Å². The number of carbonyl (C=O) groups excluding carboxylic acids is 2. The zero-order valence-electron chi connectivity index (χ0n) is 13.4. The van der Waals surface area contributed by atoms with Gasteiger partial charge in [0.25, 0.3) is 0 Å². The van der Waals surface area contributed by atoms with Gasteiger partial charge in [0.15, 0.2) is 9.84 Å². The SMILES string of the molecule is CCC(=O)Nc1ccccc1N(C(=O)CC)C1CCS(=O)(=O)C1. The minimum atomic E-state index is -3.11. The second kappa shape index (κ2) is 7.12. The van der Waals surface area contributed by atoms with E-state index in [2.05, 4.69) is 5.32 Å². The second-order valence-electron chi connectivity index (χ2n) is 5.59. The third-order valence-corrected chi connectivity index (χ3v) is 5.65. The van der Waals surface area contributed by atoms with Gasteiger partial charge in [-0.3, -0.25) is 9.59 Å². The highest BCUT2D eigenvalue weighted by Crippen LogP contribution is 2.31. The Kier molecular flexibility index (Phi) is 5.41. The summed E-state index contributed by atoms with van der Waals surface area (Å²) in [5, 5.41) is 2.78. The molecule has 1 aliphatic heterocycles. The second-order valence-corrected chi connectivity index (χ2v) is 7.82. The molecule has 1 aliphatic rings. The molecular weight excluding hydrogens is 316 g/mol. The molecule has 7 heteroatoms. The van der Waals surface area contributed by atoms with Gasteiger partial charge in [0.2, 0.25) is 11.8 Å². The van der Waals surface area contributed by atoms with Gasteiger partial charge < -0.3 is 10.2 Å². The zero-order chi connectivity index (χ0) is 17.0. The number of nitrogens with zero attached hydrogens (tertiary/aromatic N) is 1. The number of para-hydroxylation sites is 2. The van der Waals surface area contributed by atoms with Gasteiger partial charge in [0, 0.05) is 12.8 Å². The van der Waals surface area contributed by atoms with Gasteiger partial charge in [0.1, 0.15) is 0 Å². The monoisotopic (exact) mass is 338 g/mol. The fourth-order valence-electron chi connectivity index (χ4n) is 2.71. The summed E-state index contributed by atoms with van der Waals surface area (Å²) in [5.41, 5.74) is 1.09. The summed E-state index contributed by atoms with van der Waals surface area (Å²) in [6, 6.07) is 6.63. The van der Waals surface area contributed by atoms with Crippen LogP contribution in [0.25, 0.3) is 0 Å². The van der Waals surface area contributed by atoms with E-state index in [9.17, 15) is 18.0 Å². The molecule has 6 nitrogen and oxygen atoms in total. The zero-order valence-corrected chi connectivity index (χ0v) is 14.2. The smallest absolute Gasteiger partial charge is 0.227 e. The standard InChI is InChI=1S/C16H22N2O4S/c1-3-15(19)17-13-7-5-6-8-14(13)18(16(20)4-2)12-9-10-23(21,22)11-12/h5-8,12H,3-4,9-11H2,1-2H3,(H,17,19). The van der Waals surface area contributed by atoms with Crippen LogP contribution in [-0.4, -0.2) is 37.8 Å². The van der Waals surface area contributed by atoms with E-state index in [1.807, 2.05) is 0 Å². The lowest BCUT2D eigenvalue weighted by atomic mass is 10.1. The average molecular weight is 338 g/mol. The Labute approximate surface area is 136 Å². The number of hydrogen-bond donors (Lipinski definition) is 1. The lowest BCUT2D eigenvalue weighted by Crippen LogP contribution is -2.41. The Morgan fingerprint density at radius 3 is 2.48 bits per heavy atom. The average Bonchev–Trinajstić information content (AvgIpc) is 2.88. The van der Waals surface area contributed by atoms with E-state index in [-0.39, 0.29) is 35.8 Å². The molecule has 1 aromatic carbocycles. The highest BCUT2D eigenvalue weighted by Gasteiger charge is 2.35. The highest BCUT2D eigenvalue weighted by atomic mass is 32.2. The lowest BCUT2D eigenvalue weighted by molar-refractivity contribution is -0.119. The predicted octanol–water partition coefficient (Wildman–Crippen LogP) is 1.97. The quantitative estimate of drug-likeness (QED) is 0.889. The van der Waals surface area contributed by atoms with Crippen LogP contribution in [0, 0.1) is 0 Å². The molecule has 23 heavy (non-hydrogen) atoms. The van der Waals surface area contributed by atoms with E-state index in [0.29, 0.717) is 24.2 Å². The fraction of sp³-hybridized carbons (Fsp3) is 0.500. The van der Waals surface area contributed by atoms with Crippen molar-refractivity contribution in [3.8, 4) is 0 Å². The Balaban J connectivity index is 2.40. The maximum atomic E-state index is 12.4. The maximum Gasteiger partial charge on any atom is 0.227 e. The van der Waals surface area contributed by atoms with Gasteiger partial charge >= 0.3 is 0 Å². The van der Waals surface area contributed by atoms with Crippen LogP contribution in [0.15, 0.2) is 24.3 Å². The summed E-state index contributed by atoms with van der Waals surface area (Å²) in [6.07, 6.45) is 1.02. The van der Waals surface area contributed by atoms with Crippen molar-refractivity contribution in [3.63, 3.8) is 0 Å².